The summed E-state index contributed by atoms with van der Waals surface area (Å²) in [5.74, 6) is 0.0440. The van der Waals surface area contributed by atoms with Gasteiger partial charge in [-0.15, -0.1) is 0 Å². The molecule has 0 aromatic heterocycles. The Balaban J connectivity index is 1.75. The maximum Gasteiger partial charge on any atom is 0.416 e. The minimum Gasteiger partial charge on any atom is -0.497 e. The van der Waals surface area contributed by atoms with E-state index in [1.165, 1.54) is 25.3 Å². The lowest BCUT2D eigenvalue weighted by molar-refractivity contribution is -0.138. The van der Waals surface area contributed by atoms with Crippen LogP contribution in [-0.4, -0.2) is 32.1 Å². The van der Waals surface area contributed by atoms with E-state index in [1.807, 2.05) is 0 Å². The number of methoxy groups -OCH3 is 1. The van der Waals surface area contributed by atoms with Gasteiger partial charge < -0.3 is 15.4 Å². The predicted molar refractivity (Wildman–Crippen MR) is 129 cm³/mol. The molecule has 0 aliphatic heterocycles. The molecule has 3 amide bonds. The Bertz CT molecular complexity index is 1280. The van der Waals surface area contributed by atoms with Crippen LogP contribution in [0.4, 0.5) is 42.5 Å². The highest BCUT2D eigenvalue weighted by Gasteiger charge is 2.32. The Morgan fingerprint density at radius 2 is 1.47 bits per heavy atom. The highest BCUT2D eigenvalue weighted by molar-refractivity contribution is 6.01. The summed E-state index contributed by atoms with van der Waals surface area (Å²) < 4.78 is 84.0. The average molecular weight is 539 g/mol. The van der Waals surface area contributed by atoms with Gasteiger partial charge in [0.1, 0.15) is 5.75 Å². The molecule has 3 aromatic carbocycles. The third-order valence-corrected chi connectivity index (χ3v) is 5.35. The van der Waals surface area contributed by atoms with Crippen molar-refractivity contribution in [3.8, 4) is 5.75 Å². The number of rotatable bonds is 8. The summed E-state index contributed by atoms with van der Waals surface area (Å²) >= 11 is 0. The first-order chi connectivity index (χ1) is 17.9. The summed E-state index contributed by atoms with van der Waals surface area (Å²) in [6, 6.07) is 13.3. The molecular formula is C26H23F6N3O3. The second-order valence-corrected chi connectivity index (χ2v) is 8.05. The standard InChI is InChI=1S/C26H23F6N3O3/c1-38-22-11-2-6-17(14-22)23(36)33-12-5-13-35(21-10-4-8-19(16-21)26(30,31)32)24(37)34-20-9-3-7-18(15-20)25(27,28)29/h2-4,6-11,14-16H,5,12-13H2,1H3,(H,33,36)(H,34,37). The SMILES string of the molecule is COc1cccc(C(=O)NCCCN(C(=O)Nc2cccc(C(F)(F)F)c2)c2cccc(C(F)(F)F)c2)c1. The van der Waals surface area contributed by atoms with Crippen LogP contribution in [-0.2, 0) is 12.4 Å². The van der Waals surface area contributed by atoms with Gasteiger partial charge in [-0.3, -0.25) is 9.69 Å². The number of alkyl halides is 6. The number of benzene rings is 3. The maximum atomic E-state index is 13.3. The van der Waals surface area contributed by atoms with Crippen molar-refractivity contribution in [2.45, 2.75) is 18.8 Å². The third-order valence-electron chi connectivity index (χ3n) is 5.35. The third kappa shape index (κ3) is 7.64. The molecule has 6 nitrogen and oxygen atoms in total. The van der Waals surface area contributed by atoms with Gasteiger partial charge in [0.05, 0.1) is 18.2 Å². The Labute approximate surface area is 214 Å². The van der Waals surface area contributed by atoms with Crippen LogP contribution in [0.15, 0.2) is 72.8 Å². The van der Waals surface area contributed by atoms with Crippen molar-refractivity contribution in [3.63, 3.8) is 0 Å². The lowest BCUT2D eigenvalue weighted by Gasteiger charge is -2.24. The molecule has 3 aromatic rings. The van der Waals surface area contributed by atoms with E-state index < -0.39 is 35.4 Å². The zero-order chi connectivity index (χ0) is 27.9. The zero-order valence-corrected chi connectivity index (χ0v) is 20.0. The van der Waals surface area contributed by atoms with Crippen molar-refractivity contribution in [1.29, 1.82) is 0 Å². The highest BCUT2D eigenvalue weighted by atomic mass is 19.4. The topological polar surface area (TPSA) is 70.7 Å². The van der Waals surface area contributed by atoms with Crippen molar-refractivity contribution in [2.24, 2.45) is 0 Å². The number of nitrogens with zero attached hydrogens (tertiary/aromatic N) is 1. The van der Waals surface area contributed by atoms with E-state index in [4.69, 9.17) is 4.74 Å². The summed E-state index contributed by atoms with van der Waals surface area (Å²) in [5, 5.41) is 4.95. The first-order valence-electron chi connectivity index (χ1n) is 11.2. The Morgan fingerprint density at radius 1 is 0.842 bits per heavy atom. The van der Waals surface area contributed by atoms with E-state index in [0.717, 1.165) is 41.3 Å². The number of carbonyl (C=O) groups is 2. The number of urea groups is 1. The Hall–Kier alpha value is -4.22. The molecule has 0 heterocycles. The zero-order valence-electron chi connectivity index (χ0n) is 20.0. The predicted octanol–water partition coefficient (Wildman–Crippen LogP) is 6.59. The summed E-state index contributed by atoms with van der Waals surface area (Å²) in [6.45, 7) is -0.0904. The normalized spacial score (nSPS) is 11.6. The van der Waals surface area contributed by atoms with Gasteiger partial charge in [-0.05, 0) is 61.0 Å². The van der Waals surface area contributed by atoms with Crippen LogP contribution in [0.5, 0.6) is 5.75 Å². The number of ether oxygens (including phenoxy) is 1. The molecule has 0 bridgehead atoms. The van der Waals surface area contributed by atoms with Crippen LogP contribution in [0.2, 0.25) is 0 Å². The average Bonchev–Trinajstić information content (AvgIpc) is 2.87. The minimum atomic E-state index is -4.68. The van der Waals surface area contributed by atoms with Crippen LogP contribution in [0.1, 0.15) is 27.9 Å². The van der Waals surface area contributed by atoms with E-state index in [0.29, 0.717) is 11.3 Å². The number of carbonyl (C=O) groups excluding carboxylic acids is 2. The molecule has 38 heavy (non-hydrogen) atoms. The van der Waals surface area contributed by atoms with Gasteiger partial charge >= 0.3 is 18.4 Å². The number of hydrogen-bond acceptors (Lipinski definition) is 3. The van der Waals surface area contributed by atoms with Crippen molar-refractivity contribution >= 4 is 23.3 Å². The molecule has 0 aliphatic rings. The molecule has 0 unspecified atom stereocenters. The lowest BCUT2D eigenvalue weighted by Crippen LogP contribution is -2.37. The molecule has 0 atom stereocenters. The molecule has 12 heteroatoms. The second kappa shape index (κ2) is 11.9. The van der Waals surface area contributed by atoms with Crippen LogP contribution < -0.4 is 20.3 Å². The molecule has 3 rings (SSSR count). The van der Waals surface area contributed by atoms with Crippen molar-refractivity contribution < 1.29 is 40.7 Å². The van der Waals surface area contributed by atoms with Gasteiger partial charge in [-0.2, -0.15) is 26.3 Å². The molecular weight excluding hydrogens is 516 g/mol. The molecule has 0 fully saturated rings. The summed E-state index contributed by atoms with van der Waals surface area (Å²) in [7, 11) is 1.45. The quantitative estimate of drug-likeness (QED) is 0.251. The fourth-order valence-electron chi connectivity index (χ4n) is 3.47. The highest BCUT2D eigenvalue weighted by Crippen LogP contribution is 2.33. The minimum absolute atomic E-state index is 0.0579. The number of hydrogen-bond donors (Lipinski definition) is 2. The summed E-state index contributed by atoms with van der Waals surface area (Å²) in [4.78, 5) is 26.4. The van der Waals surface area contributed by atoms with Gasteiger partial charge in [0.25, 0.3) is 5.91 Å². The van der Waals surface area contributed by atoms with Crippen LogP contribution in [0, 0.1) is 0 Å². The fraction of sp³-hybridized carbons (Fsp3) is 0.231. The van der Waals surface area contributed by atoms with E-state index in [9.17, 15) is 35.9 Å². The molecule has 0 aliphatic carbocycles. The van der Waals surface area contributed by atoms with Crippen molar-refractivity contribution in [3.05, 3.63) is 89.5 Å². The van der Waals surface area contributed by atoms with Crippen molar-refractivity contribution in [2.75, 3.05) is 30.4 Å². The largest absolute Gasteiger partial charge is 0.497 e. The van der Waals surface area contributed by atoms with E-state index in [1.54, 1.807) is 18.2 Å². The molecule has 2 N–H and O–H groups in total. The van der Waals surface area contributed by atoms with Crippen LogP contribution in [0.25, 0.3) is 0 Å². The number of anilines is 2. The number of halogens is 6. The second-order valence-electron chi connectivity index (χ2n) is 8.05. The molecule has 0 saturated heterocycles. The first kappa shape index (κ1) is 28.4. The van der Waals surface area contributed by atoms with Crippen LogP contribution in [0.3, 0.4) is 0 Å². The summed E-state index contributed by atoms with van der Waals surface area (Å²) in [6.07, 6.45) is -9.20. The van der Waals surface area contributed by atoms with Gasteiger partial charge in [0.15, 0.2) is 0 Å². The molecule has 0 spiro atoms. The molecule has 202 valence electrons. The van der Waals surface area contributed by atoms with Gasteiger partial charge in [-0.25, -0.2) is 4.79 Å². The van der Waals surface area contributed by atoms with E-state index in [2.05, 4.69) is 10.6 Å². The van der Waals surface area contributed by atoms with Gasteiger partial charge in [0.2, 0.25) is 0 Å². The Kier molecular flexibility index (Phi) is 8.87. The maximum absolute atomic E-state index is 13.3. The van der Waals surface area contributed by atoms with E-state index in [-0.39, 0.29) is 30.9 Å². The monoisotopic (exact) mass is 539 g/mol. The Morgan fingerprint density at radius 3 is 2.13 bits per heavy atom. The van der Waals surface area contributed by atoms with E-state index >= 15 is 0 Å². The number of amides is 3. The molecule has 0 radical (unpaired) electrons. The fourth-order valence-corrected chi connectivity index (χ4v) is 3.47. The lowest BCUT2D eigenvalue weighted by atomic mass is 10.1. The van der Waals surface area contributed by atoms with Gasteiger partial charge in [0, 0.05) is 30.0 Å². The smallest absolute Gasteiger partial charge is 0.416 e. The summed E-state index contributed by atoms with van der Waals surface area (Å²) in [5.41, 5.74) is -1.99. The number of nitrogens with one attached hydrogen (secondary N) is 2. The van der Waals surface area contributed by atoms with Crippen molar-refractivity contribution in [1.82, 2.24) is 5.32 Å². The molecule has 0 saturated carbocycles. The van der Waals surface area contributed by atoms with Crippen LogP contribution >= 0.6 is 0 Å². The van der Waals surface area contributed by atoms with Gasteiger partial charge in [-0.1, -0.05) is 18.2 Å². The first-order valence-corrected chi connectivity index (χ1v) is 11.2.